The Bertz CT molecular complexity index is 695. The summed E-state index contributed by atoms with van der Waals surface area (Å²) in [7, 11) is 0. The van der Waals surface area contributed by atoms with Crippen LogP contribution in [0.15, 0.2) is 60.7 Å². The van der Waals surface area contributed by atoms with Crippen LogP contribution in [0, 0.1) is 0 Å². The summed E-state index contributed by atoms with van der Waals surface area (Å²) in [6.07, 6.45) is 3.76. The van der Waals surface area contributed by atoms with Gasteiger partial charge in [-0.1, -0.05) is 42.5 Å². The quantitative estimate of drug-likeness (QED) is 0.808. The Morgan fingerprint density at radius 3 is 2.50 bits per heavy atom. The molecule has 1 heterocycles. The van der Waals surface area contributed by atoms with Crippen LogP contribution in [0.5, 0.6) is 0 Å². The minimum Gasteiger partial charge on any atom is -0.396 e. The zero-order valence-electron chi connectivity index (χ0n) is 14.9. The number of carbonyl (C=O) groups is 1. The molecule has 0 spiro atoms. The average molecular weight is 354 g/mol. The molecule has 1 aliphatic rings. The molecule has 0 unspecified atom stereocenters. The molecule has 0 aromatic heterocycles. The summed E-state index contributed by atoms with van der Waals surface area (Å²) in [5, 5.41) is 8.89. The highest BCUT2D eigenvalue weighted by Crippen LogP contribution is 2.17. The van der Waals surface area contributed by atoms with Gasteiger partial charge in [-0.15, -0.1) is 0 Å². The first-order valence-electron chi connectivity index (χ1n) is 8.74. The zero-order valence-corrected chi connectivity index (χ0v) is 14.9. The molecule has 0 saturated carbocycles. The smallest absolute Gasteiger partial charge is 0.241 e. The number of primary amides is 1. The summed E-state index contributed by atoms with van der Waals surface area (Å²) in [5.41, 5.74) is 8.33. The highest BCUT2D eigenvalue weighted by Gasteiger charge is 2.10. The van der Waals surface area contributed by atoms with Crippen molar-refractivity contribution in [2.75, 3.05) is 37.8 Å². The van der Waals surface area contributed by atoms with Crippen molar-refractivity contribution in [2.24, 2.45) is 5.73 Å². The van der Waals surface area contributed by atoms with Crippen LogP contribution < -0.4 is 10.6 Å². The van der Waals surface area contributed by atoms with Crippen LogP contribution in [0.3, 0.4) is 0 Å². The molecule has 1 amide bonds. The second-order valence-electron chi connectivity index (χ2n) is 5.89. The molecule has 26 heavy (non-hydrogen) atoms. The third kappa shape index (κ3) is 7.09. The Labute approximate surface area is 154 Å². The lowest BCUT2D eigenvalue weighted by Gasteiger charge is -2.29. The Hall–Kier alpha value is -2.63. The van der Waals surface area contributed by atoms with Crippen LogP contribution >= 0.6 is 0 Å². The molecule has 0 aliphatic carbocycles. The monoisotopic (exact) mass is 354 g/mol. The maximum Gasteiger partial charge on any atom is 0.241 e. The molecule has 2 aromatic rings. The third-order valence-corrected chi connectivity index (χ3v) is 3.93. The van der Waals surface area contributed by atoms with Crippen molar-refractivity contribution in [1.29, 1.82) is 0 Å². The van der Waals surface area contributed by atoms with Gasteiger partial charge in [0.1, 0.15) is 0 Å². The largest absolute Gasteiger partial charge is 0.396 e. The molecule has 5 heteroatoms. The fraction of sp³-hybridized carbons (Fsp3) is 0.286. The van der Waals surface area contributed by atoms with Crippen LogP contribution in [0.25, 0.3) is 6.08 Å². The molecule has 138 valence electrons. The van der Waals surface area contributed by atoms with Crippen LogP contribution in [0.2, 0.25) is 0 Å². The fourth-order valence-electron chi connectivity index (χ4n) is 2.60. The van der Waals surface area contributed by atoms with Gasteiger partial charge in [-0.2, -0.15) is 0 Å². The molecule has 3 N–H and O–H groups in total. The van der Waals surface area contributed by atoms with E-state index in [0.717, 1.165) is 38.3 Å². The van der Waals surface area contributed by atoms with Crippen LogP contribution in [0.4, 0.5) is 5.69 Å². The average Bonchev–Trinajstić information content (AvgIpc) is 2.69. The van der Waals surface area contributed by atoms with Crippen molar-refractivity contribution < 1.29 is 14.6 Å². The van der Waals surface area contributed by atoms with Crippen LogP contribution in [-0.4, -0.2) is 43.9 Å². The maximum atomic E-state index is 10.3. The van der Waals surface area contributed by atoms with E-state index in [1.807, 2.05) is 30.3 Å². The second kappa shape index (κ2) is 11.1. The van der Waals surface area contributed by atoms with Gasteiger partial charge in [0.05, 0.1) is 13.2 Å². The molecule has 0 radical (unpaired) electrons. The zero-order chi connectivity index (χ0) is 18.6. The van der Waals surface area contributed by atoms with Gasteiger partial charge in [0.25, 0.3) is 0 Å². The summed E-state index contributed by atoms with van der Waals surface area (Å²) in [6.45, 7) is 3.76. The van der Waals surface area contributed by atoms with Crippen molar-refractivity contribution in [3.63, 3.8) is 0 Å². The number of hydrogen-bond donors (Lipinski definition) is 2. The standard InChI is InChI=1S/C12H17NO2.C9H9NO/c14-7-4-11-2-1-3-12(10-11)13-5-8-15-9-6-13;10-9(11)7-6-8-4-2-1-3-5-8/h1-3,10,14H,4-9H2;1-7H,(H2,10,11)/b;7-6+. The van der Waals surface area contributed by atoms with Gasteiger partial charge in [-0.25, -0.2) is 0 Å². The van der Waals surface area contributed by atoms with Crippen LogP contribution in [-0.2, 0) is 16.0 Å². The van der Waals surface area contributed by atoms with Gasteiger partial charge in [-0.05, 0) is 35.8 Å². The number of anilines is 1. The Kier molecular flexibility index (Phi) is 8.39. The normalized spacial score (nSPS) is 14.0. The van der Waals surface area contributed by atoms with Crippen molar-refractivity contribution in [3.05, 3.63) is 71.8 Å². The lowest BCUT2D eigenvalue weighted by Crippen LogP contribution is -2.36. The topological polar surface area (TPSA) is 75.8 Å². The van der Waals surface area contributed by atoms with Crippen molar-refractivity contribution in [1.82, 2.24) is 0 Å². The molecule has 0 bridgehead atoms. The fourth-order valence-corrected chi connectivity index (χ4v) is 2.60. The summed E-state index contributed by atoms with van der Waals surface area (Å²) >= 11 is 0. The molecular weight excluding hydrogens is 328 g/mol. The van der Waals surface area contributed by atoms with E-state index in [4.69, 9.17) is 15.6 Å². The number of hydrogen-bond acceptors (Lipinski definition) is 4. The van der Waals surface area contributed by atoms with E-state index in [-0.39, 0.29) is 6.61 Å². The Balaban J connectivity index is 0.000000197. The summed E-state index contributed by atoms with van der Waals surface area (Å²) < 4.78 is 5.32. The molecule has 1 fully saturated rings. The molecular formula is C21H26N2O3. The first-order valence-corrected chi connectivity index (χ1v) is 8.74. The van der Waals surface area contributed by atoms with Gasteiger partial charge in [0.15, 0.2) is 0 Å². The SMILES string of the molecule is NC(=O)/C=C/c1ccccc1.OCCc1cccc(N2CCOCC2)c1. The number of ether oxygens (including phenoxy) is 1. The lowest BCUT2D eigenvalue weighted by atomic mass is 10.1. The van der Waals surface area contributed by atoms with E-state index < -0.39 is 5.91 Å². The molecule has 1 aliphatic heterocycles. The first kappa shape index (κ1) is 19.7. The number of aliphatic hydroxyl groups is 1. The molecule has 2 aromatic carbocycles. The number of nitrogens with zero attached hydrogens (tertiary/aromatic N) is 1. The van der Waals surface area contributed by atoms with Crippen molar-refractivity contribution in [2.45, 2.75) is 6.42 Å². The van der Waals surface area contributed by atoms with Gasteiger partial charge < -0.3 is 20.5 Å². The van der Waals surface area contributed by atoms with E-state index in [0.29, 0.717) is 0 Å². The first-order chi connectivity index (χ1) is 12.7. The summed E-state index contributed by atoms with van der Waals surface area (Å²) in [6, 6.07) is 17.9. The molecule has 5 nitrogen and oxygen atoms in total. The van der Waals surface area contributed by atoms with Gasteiger partial charge in [0.2, 0.25) is 5.91 Å². The highest BCUT2D eigenvalue weighted by molar-refractivity contribution is 5.90. The number of carbonyl (C=O) groups excluding carboxylic acids is 1. The maximum absolute atomic E-state index is 10.3. The van der Waals surface area contributed by atoms with Crippen molar-refractivity contribution in [3.8, 4) is 0 Å². The molecule has 1 saturated heterocycles. The molecule has 3 rings (SSSR count). The number of amides is 1. The summed E-state index contributed by atoms with van der Waals surface area (Å²) in [5.74, 6) is -0.422. The Morgan fingerprint density at radius 2 is 1.85 bits per heavy atom. The number of morpholine rings is 1. The molecule has 0 atom stereocenters. The minimum atomic E-state index is -0.422. The number of rotatable bonds is 5. The predicted octanol–water partition coefficient (Wildman–Crippen LogP) is 2.24. The van der Waals surface area contributed by atoms with E-state index in [9.17, 15) is 4.79 Å². The highest BCUT2D eigenvalue weighted by atomic mass is 16.5. The Morgan fingerprint density at radius 1 is 1.12 bits per heavy atom. The van der Waals surface area contributed by atoms with Crippen molar-refractivity contribution >= 4 is 17.7 Å². The van der Waals surface area contributed by atoms with Gasteiger partial charge >= 0.3 is 0 Å². The van der Waals surface area contributed by atoms with E-state index >= 15 is 0 Å². The van der Waals surface area contributed by atoms with E-state index in [1.54, 1.807) is 6.08 Å². The lowest BCUT2D eigenvalue weighted by molar-refractivity contribution is -0.113. The number of benzene rings is 2. The van der Waals surface area contributed by atoms with E-state index in [2.05, 4.69) is 29.2 Å². The second-order valence-corrected chi connectivity index (χ2v) is 5.89. The van der Waals surface area contributed by atoms with Crippen LogP contribution in [0.1, 0.15) is 11.1 Å². The predicted molar refractivity (Wildman–Crippen MR) is 105 cm³/mol. The van der Waals surface area contributed by atoms with Gasteiger partial charge in [0, 0.05) is 31.5 Å². The van der Waals surface area contributed by atoms with E-state index in [1.165, 1.54) is 17.3 Å². The third-order valence-electron chi connectivity index (χ3n) is 3.93. The summed E-state index contributed by atoms with van der Waals surface area (Å²) in [4.78, 5) is 12.6. The minimum absolute atomic E-state index is 0.215. The van der Waals surface area contributed by atoms with Gasteiger partial charge in [-0.3, -0.25) is 4.79 Å². The number of aliphatic hydroxyl groups excluding tert-OH is 1. The number of nitrogens with two attached hydrogens (primary N) is 1.